The van der Waals surface area contributed by atoms with E-state index in [2.05, 4.69) is 12.1 Å². The second-order valence-electron chi connectivity index (χ2n) is 8.42. The maximum absolute atomic E-state index is 12.9. The molecule has 3 aromatic rings. The van der Waals surface area contributed by atoms with Crippen molar-refractivity contribution in [2.24, 2.45) is 5.41 Å². The second kappa shape index (κ2) is 7.60. The summed E-state index contributed by atoms with van der Waals surface area (Å²) in [5.41, 5.74) is 4.51. The van der Waals surface area contributed by atoms with Crippen LogP contribution >= 0.6 is 11.6 Å². The van der Waals surface area contributed by atoms with Crippen LogP contribution in [0, 0.1) is 5.41 Å². The summed E-state index contributed by atoms with van der Waals surface area (Å²) in [6.07, 6.45) is 0.722. The number of aromatic nitrogens is 2. The molecule has 1 aliphatic rings. The Morgan fingerprint density at radius 1 is 0.966 bits per heavy atom. The van der Waals surface area contributed by atoms with Crippen molar-refractivity contribution in [3.63, 3.8) is 0 Å². The maximum atomic E-state index is 12.9. The summed E-state index contributed by atoms with van der Waals surface area (Å²) in [7, 11) is 0. The van der Waals surface area contributed by atoms with E-state index < -0.39 is 5.41 Å². The van der Waals surface area contributed by atoms with Gasteiger partial charge in [-0.2, -0.15) is 0 Å². The molecule has 0 saturated carbocycles. The van der Waals surface area contributed by atoms with E-state index in [4.69, 9.17) is 21.6 Å². The van der Waals surface area contributed by atoms with Crippen LogP contribution in [0.1, 0.15) is 32.0 Å². The normalized spacial score (nSPS) is 13.9. The minimum absolute atomic E-state index is 0.156. The highest BCUT2D eigenvalue weighted by Gasteiger charge is 2.32. The molecular formula is C24H24ClN3O. The fourth-order valence-corrected chi connectivity index (χ4v) is 3.75. The second-order valence-corrected chi connectivity index (χ2v) is 8.86. The van der Waals surface area contributed by atoms with Crippen LogP contribution in [0.15, 0.2) is 54.6 Å². The molecule has 0 fully saturated rings. The Bertz CT molecular complexity index is 1040. The number of benzene rings is 2. The zero-order valence-electron chi connectivity index (χ0n) is 16.9. The van der Waals surface area contributed by atoms with Gasteiger partial charge in [0.2, 0.25) is 5.91 Å². The number of nitrogens with zero attached hydrogens (tertiary/aromatic N) is 3. The molecular weight excluding hydrogens is 382 g/mol. The molecule has 2 aromatic carbocycles. The summed E-state index contributed by atoms with van der Waals surface area (Å²) in [5.74, 6) is 0.846. The van der Waals surface area contributed by atoms with E-state index in [0.29, 0.717) is 23.9 Å². The van der Waals surface area contributed by atoms with Gasteiger partial charge in [-0.05, 0) is 24.3 Å². The van der Waals surface area contributed by atoms with Gasteiger partial charge in [0.25, 0.3) is 0 Å². The third-order valence-corrected chi connectivity index (χ3v) is 5.39. The molecule has 0 spiro atoms. The predicted octanol–water partition coefficient (Wildman–Crippen LogP) is 5.39. The standard InChI is InChI=1S/C24H24ClN3O/c1-24(2,3)23(29)28-14-13-20-19(15-28)21(16-7-5-4-6-8-16)27-22(26-20)17-9-11-18(25)12-10-17/h4-12H,13-15H2,1-3H3. The Balaban J connectivity index is 1.82. The van der Waals surface area contributed by atoms with Gasteiger partial charge >= 0.3 is 0 Å². The van der Waals surface area contributed by atoms with Crippen LogP contribution < -0.4 is 0 Å². The van der Waals surface area contributed by atoms with Gasteiger partial charge in [0.05, 0.1) is 11.4 Å². The van der Waals surface area contributed by atoms with Crippen molar-refractivity contribution >= 4 is 17.5 Å². The van der Waals surface area contributed by atoms with Gasteiger partial charge in [0.1, 0.15) is 0 Å². The van der Waals surface area contributed by atoms with E-state index in [-0.39, 0.29) is 5.91 Å². The molecule has 2 heterocycles. The summed E-state index contributed by atoms with van der Waals surface area (Å²) < 4.78 is 0. The van der Waals surface area contributed by atoms with Crippen molar-refractivity contribution in [2.45, 2.75) is 33.7 Å². The minimum Gasteiger partial charge on any atom is -0.337 e. The van der Waals surface area contributed by atoms with E-state index in [1.165, 1.54) is 0 Å². The van der Waals surface area contributed by atoms with Crippen LogP contribution in [-0.2, 0) is 17.8 Å². The fraction of sp³-hybridized carbons (Fsp3) is 0.292. The predicted molar refractivity (Wildman–Crippen MR) is 116 cm³/mol. The zero-order valence-corrected chi connectivity index (χ0v) is 17.7. The van der Waals surface area contributed by atoms with E-state index in [9.17, 15) is 4.79 Å². The number of hydrogen-bond donors (Lipinski definition) is 0. The molecule has 0 atom stereocenters. The molecule has 0 N–H and O–H groups in total. The molecule has 1 aliphatic heterocycles. The Hall–Kier alpha value is -2.72. The number of carbonyl (C=O) groups is 1. The van der Waals surface area contributed by atoms with Crippen molar-refractivity contribution in [1.29, 1.82) is 0 Å². The summed E-state index contributed by atoms with van der Waals surface area (Å²) in [4.78, 5) is 24.6. The SMILES string of the molecule is CC(C)(C)C(=O)N1CCc2nc(-c3ccc(Cl)cc3)nc(-c3ccccc3)c2C1. The van der Waals surface area contributed by atoms with Gasteiger partial charge in [-0.15, -0.1) is 0 Å². The molecule has 29 heavy (non-hydrogen) atoms. The van der Waals surface area contributed by atoms with Crippen molar-refractivity contribution in [2.75, 3.05) is 6.54 Å². The molecule has 148 valence electrons. The monoisotopic (exact) mass is 405 g/mol. The van der Waals surface area contributed by atoms with Crippen molar-refractivity contribution in [3.05, 3.63) is 70.9 Å². The lowest BCUT2D eigenvalue weighted by Gasteiger charge is -2.34. The Morgan fingerprint density at radius 3 is 2.31 bits per heavy atom. The lowest BCUT2D eigenvalue weighted by Crippen LogP contribution is -2.42. The van der Waals surface area contributed by atoms with Gasteiger partial charge in [0.15, 0.2) is 5.82 Å². The molecule has 0 unspecified atom stereocenters. The number of halogens is 1. The molecule has 4 nitrogen and oxygen atoms in total. The summed E-state index contributed by atoms with van der Waals surface area (Å²) in [6.45, 7) is 7.10. The van der Waals surface area contributed by atoms with Gasteiger partial charge in [0, 0.05) is 46.6 Å². The van der Waals surface area contributed by atoms with Gasteiger partial charge < -0.3 is 4.90 Å². The molecule has 5 heteroatoms. The van der Waals surface area contributed by atoms with Crippen molar-refractivity contribution < 1.29 is 4.79 Å². The van der Waals surface area contributed by atoms with Crippen LogP contribution in [0.25, 0.3) is 22.6 Å². The first-order chi connectivity index (χ1) is 13.8. The number of amides is 1. The maximum Gasteiger partial charge on any atom is 0.228 e. The van der Waals surface area contributed by atoms with Crippen molar-refractivity contribution in [3.8, 4) is 22.6 Å². The van der Waals surface area contributed by atoms with Gasteiger partial charge in [-0.3, -0.25) is 4.79 Å². The third-order valence-electron chi connectivity index (χ3n) is 5.14. The third kappa shape index (κ3) is 4.03. The quantitative estimate of drug-likeness (QED) is 0.573. The number of rotatable bonds is 2. The number of fused-ring (bicyclic) bond motifs is 1. The Kier molecular flexibility index (Phi) is 5.13. The molecule has 0 bridgehead atoms. The molecule has 0 saturated heterocycles. The van der Waals surface area contributed by atoms with E-state index >= 15 is 0 Å². The van der Waals surface area contributed by atoms with E-state index in [1.54, 1.807) is 0 Å². The number of hydrogen-bond acceptors (Lipinski definition) is 3. The van der Waals surface area contributed by atoms with Crippen LogP contribution in [0.3, 0.4) is 0 Å². The van der Waals surface area contributed by atoms with E-state index in [0.717, 1.165) is 34.5 Å². The average Bonchev–Trinajstić information content (AvgIpc) is 2.72. The van der Waals surface area contributed by atoms with Crippen LogP contribution in [0.4, 0.5) is 0 Å². The van der Waals surface area contributed by atoms with E-state index in [1.807, 2.05) is 68.1 Å². The Morgan fingerprint density at radius 2 is 1.66 bits per heavy atom. The summed E-state index contributed by atoms with van der Waals surface area (Å²) >= 11 is 6.05. The smallest absolute Gasteiger partial charge is 0.228 e. The molecule has 4 rings (SSSR count). The van der Waals surface area contributed by atoms with Crippen LogP contribution in [0.5, 0.6) is 0 Å². The van der Waals surface area contributed by atoms with Crippen LogP contribution in [-0.4, -0.2) is 27.3 Å². The minimum atomic E-state index is -0.408. The van der Waals surface area contributed by atoms with Crippen molar-refractivity contribution in [1.82, 2.24) is 14.9 Å². The Labute approximate surface area is 176 Å². The molecule has 1 aromatic heterocycles. The lowest BCUT2D eigenvalue weighted by molar-refractivity contribution is -0.140. The van der Waals surface area contributed by atoms with Crippen LogP contribution in [0.2, 0.25) is 5.02 Å². The molecule has 0 radical (unpaired) electrons. The highest BCUT2D eigenvalue weighted by molar-refractivity contribution is 6.30. The first-order valence-corrected chi connectivity index (χ1v) is 10.2. The van der Waals surface area contributed by atoms with Gasteiger partial charge in [-0.25, -0.2) is 9.97 Å². The summed E-state index contributed by atoms with van der Waals surface area (Å²) in [5, 5.41) is 0.686. The molecule has 0 aliphatic carbocycles. The average molecular weight is 406 g/mol. The molecule has 1 amide bonds. The highest BCUT2D eigenvalue weighted by atomic mass is 35.5. The number of carbonyl (C=O) groups excluding carboxylic acids is 1. The summed E-state index contributed by atoms with van der Waals surface area (Å²) in [6, 6.07) is 17.7. The zero-order chi connectivity index (χ0) is 20.6. The first kappa shape index (κ1) is 19.6. The largest absolute Gasteiger partial charge is 0.337 e. The fourth-order valence-electron chi connectivity index (χ4n) is 3.62. The lowest BCUT2D eigenvalue weighted by atomic mass is 9.92. The van der Waals surface area contributed by atoms with Gasteiger partial charge in [-0.1, -0.05) is 62.7 Å². The first-order valence-electron chi connectivity index (χ1n) is 9.83. The topological polar surface area (TPSA) is 46.1 Å². The highest BCUT2D eigenvalue weighted by Crippen LogP contribution is 2.32.